The van der Waals surface area contributed by atoms with Crippen LogP contribution in [0.2, 0.25) is 0 Å². The van der Waals surface area contributed by atoms with Gasteiger partial charge in [0.25, 0.3) is 0 Å². The summed E-state index contributed by atoms with van der Waals surface area (Å²) in [4.78, 5) is 4.62. The van der Waals surface area contributed by atoms with Crippen LogP contribution in [0.4, 0.5) is 5.69 Å². The third kappa shape index (κ3) is 11.4. The van der Waals surface area contributed by atoms with Crippen molar-refractivity contribution in [2.75, 3.05) is 59.5 Å². The maximum absolute atomic E-state index is 5.92. The molecule has 0 saturated heterocycles. The van der Waals surface area contributed by atoms with Crippen molar-refractivity contribution in [2.24, 2.45) is 4.99 Å². The lowest BCUT2D eigenvalue weighted by Gasteiger charge is -2.13. The molecule has 1 heterocycles. The van der Waals surface area contributed by atoms with Crippen molar-refractivity contribution in [1.29, 1.82) is 0 Å². The zero-order valence-corrected chi connectivity index (χ0v) is 21.6. The van der Waals surface area contributed by atoms with E-state index in [4.69, 9.17) is 28.4 Å². The monoisotopic (exact) mass is 499 g/mol. The average molecular weight is 500 g/mol. The zero-order valence-electron chi connectivity index (χ0n) is 21.6. The van der Waals surface area contributed by atoms with Gasteiger partial charge in [-0.2, -0.15) is 0 Å². The molecule has 3 rings (SSSR count). The maximum Gasteiger partial charge on any atom is 0.163 e. The highest BCUT2D eigenvalue weighted by molar-refractivity contribution is 5.82. The Morgan fingerprint density at radius 2 is 1.31 bits per heavy atom. The fraction of sp³-hybridized carbons (Fsp3) is 0.552. The van der Waals surface area contributed by atoms with Gasteiger partial charge in [0, 0.05) is 12.3 Å². The second-order valence-electron chi connectivity index (χ2n) is 8.61. The van der Waals surface area contributed by atoms with Gasteiger partial charge in [-0.05, 0) is 48.4 Å². The Morgan fingerprint density at radius 3 is 2.00 bits per heavy atom. The van der Waals surface area contributed by atoms with Gasteiger partial charge in [-0.1, -0.05) is 39.0 Å². The molecule has 0 atom stereocenters. The maximum atomic E-state index is 5.92. The topological polar surface area (TPSA) is 67.7 Å². The van der Waals surface area contributed by atoms with Crippen LogP contribution in [0.25, 0.3) is 0 Å². The minimum Gasteiger partial charge on any atom is -0.494 e. The predicted octanol–water partition coefficient (Wildman–Crippen LogP) is 6.00. The molecule has 36 heavy (non-hydrogen) atoms. The standard InChI is InChI=1S/C29H41NO6/c1-2-3-4-5-6-7-14-34-27-11-8-25(9-12-27)24-30-26-10-13-28-29(23-26)36-22-20-33-18-16-31-15-17-32-19-21-35-28/h8-13,23-24H,2-7,14-22H2,1H3. The van der Waals surface area contributed by atoms with Crippen LogP contribution in [-0.2, 0) is 14.2 Å². The Labute approximate surface area is 215 Å². The molecule has 7 heteroatoms. The Hall–Kier alpha value is -2.61. The predicted molar refractivity (Wildman–Crippen MR) is 142 cm³/mol. The van der Waals surface area contributed by atoms with Crippen LogP contribution >= 0.6 is 0 Å². The fourth-order valence-corrected chi connectivity index (χ4v) is 3.64. The van der Waals surface area contributed by atoms with Gasteiger partial charge in [0.1, 0.15) is 19.0 Å². The van der Waals surface area contributed by atoms with E-state index in [0.717, 1.165) is 30.0 Å². The van der Waals surface area contributed by atoms with E-state index in [1.54, 1.807) is 0 Å². The van der Waals surface area contributed by atoms with Crippen LogP contribution in [0.1, 0.15) is 51.0 Å². The molecule has 2 aromatic carbocycles. The van der Waals surface area contributed by atoms with Crippen molar-refractivity contribution in [3.8, 4) is 17.2 Å². The average Bonchev–Trinajstić information content (AvgIpc) is 2.91. The van der Waals surface area contributed by atoms with Crippen molar-refractivity contribution in [3.05, 3.63) is 48.0 Å². The number of aliphatic imine (C=N–C) groups is 1. The van der Waals surface area contributed by atoms with Crippen LogP contribution in [0.3, 0.4) is 0 Å². The van der Waals surface area contributed by atoms with Crippen molar-refractivity contribution in [1.82, 2.24) is 0 Å². The Kier molecular flexibility index (Phi) is 13.8. The van der Waals surface area contributed by atoms with Gasteiger partial charge in [-0.25, -0.2) is 0 Å². The summed E-state index contributed by atoms with van der Waals surface area (Å²) in [5.74, 6) is 2.19. The molecule has 0 aromatic heterocycles. The quantitative estimate of drug-likeness (QED) is 0.295. The smallest absolute Gasteiger partial charge is 0.163 e. The number of fused-ring (bicyclic) bond motifs is 1. The number of ether oxygens (including phenoxy) is 6. The fourth-order valence-electron chi connectivity index (χ4n) is 3.64. The van der Waals surface area contributed by atoms with Gasteiger partial charge in [0.15, 0.2) is 11.5 Å². The van der Waals surface area contributed by atoms with E-state index in [9.17, 15) is 0 Å². The molecule has 7 nitrogen and oxygen atoms in total. The molecule has 0 spiro atoms. The van der Waals surface area contributed by atoms with Crippen LogP contribution < -0.4 is 14.2 Å². The Balaban J connectivity index is 1.50. The summed E-state index contributed by atoms with van der Waals surface area (Å²) in [5, 5.41) is 0. The lowest BCUT2D eigenvalue weighted by molar-refractivity contribution is 0.00708. The molecule has 2 aromatic rings. The minimum atomic E-state index is 0.417. The van der Waals surface area contributed by atoms with Crippen LogP contribution in [-0.4, -0.2) is 65.7 Å². The largest absolute Gasteiger partial charge is 0.494 e. The molecule has 0 unspecified atom stereocenters. The number of benzene rings is 2. The summed E-state index contributed by atoms with van der Waals surface area (Å²) < 4.78 is 34.2. The molecule has 0 bridgehead atoms. The summed E-state index contributed by atoms with van der Waals surface area (Å²) in [6, 6.07) is 13.7. The van der Waals surface area contributed by atoms with E-state index < -0.39 is 0 Å². The SMILES string of the molecule is CCCCCCCCOc1ccc(C=Nc2ccc3c(c2)OCCOCCOCCOCCO3)cc1. The van der Waals surface area contributed by atoms with Gasteiger partial charge in [0.05, 0.1) is 51.9 Å². The minimum absolute atomic E-state index is 0.417. The number of hydrogen-bond acceptors (Lipinski definition) is 7. The second-order valence-corrected chi connectivity index (χ2v) is 8.61. The number of hydrogen-bond donors (Lipinski definition) is 0. The molecule has 0 saturated carbocycles. The lowest BCUT2D eigenvalue weighted by Crippen LogP contribution is -2.13. The van der Waals surface area contributed by atoms with E-state index in [2.05, 4.69) is 11.9 Å². The first-order valence-electron chi connectivity index (χ1n) is 13.2. The van der Waals surface area contributed by atoms with E-state index in [1.165, 1.54) is 32.1 Å². The van der Waals surface area contributed by atoms with Crippen LogP contribution in [0.5, 0.6) is 17.2 Å². The molecule has 198 valence electrons. The van der Waals surface area contributed by atoms with Gasteiger partial charge < -0.3 is 28.4 Å². The molecule has 0 fully saturated rings. The van der Waals surface area contributed by atoms with Crippen LogP contribution in [0.15, 0.2) is 47.5 Å². The summed E-state index contributed by atoms with van der Waals surface area (Å²) in [6.07, 6.45) is 9.40. The molecule has 0 radical (unpaired) electrons. The molecule has 1 aliphatic rings. The second kappa shape index (κ2) is 17.8. The first kappa shape index (κ1) is 28.0. The molecule has 0 amide bonds. The summed E-state index contributed by atoms with van der Waals surface area (Å²) in [6.45, 7) is 6.97. The number of rotatable bonds is 10. The number of nitrogens with zero attached hydrogens (tertiary/aromatic N) is 1. The van der Waals surface area contributed by atoms with Gasteiger partial charge >= 0.3 is 0 Å². The Bertz CT molecular complexity index is 871. The van der Waals surface area contributed by atoms with E-state index in [-0.39, 0.29) is 0 Å². The molecular weight excluding hydrogens is 458 g/mol. The van der Waals surface area contributed by atoms with Crippen molar-refractivity contribution >= 4 is 11.9 Å². The molecule has 0 N–H and O–H groups in total. The highest BCUT2D eigenvalue weighted by Gasteiger charge is 2.08. The lowest BCUT2D eigenvalue weighted by atomic mass is 10.1. The highest BCUT2D eigenvalue weighted by atomic mass is 16.6. The first-order chi connectivity index (χ1) is 17.8. The third-order valence-electron chi connectivity index (χ3n) is 5.65. The van der Waals surface area contributed by atoms with Gasteiger partial charge in [-0.15, -0.1) is 0 Å². The van der Waals surface area contributed by atoms with E-state index in [1.807, 2.05) is 48.7 Å². The van der Waals surface area contributed by atoms with E-state index >= 15 is 0 Å². The summed E-state index contributed by atoms with van der Waals surface area (Å²) in [7, 11) is 0. The van der Waals surface area contributed by atoms with E-state index in [0.29, 0.717) is 64.4 Å². The summed E-state index contributed by atoms with van der Waals surface area (Å²) in [5.41, 5.74) is 1.78. The molecule has 1 aliphatic heterocycles. The van der Waals surface area contributed by atoms with Crippen molar-refractivity contribution in [3.63, 3.8) is 0 Å². The highest BCUT2D eigenvalue weighted by Crippen LogP contribution is 2.32. The van der Waals surface area contributed by atoms with Crippen LogP contribution in [0, 0.1) is 0 Å². The third-order valence-corrected chi connectivity index (χ3v) is 5.65. The molecular formula is C29H41NO6. The number of unbranched alkanes of at least 4 members (excludes halogenated alkanes) is 5. The van der Waals surface area contributed by atoms with Gasteiger partial charge in [0.2, 0.25) is 0 Å². The van der Waals surface area contributed by atoms with Crippen molar-refractivity contribution < 1.29 is 28.4 Å². The zero-order chi connectivity index (χ0) is 25.1. The first-order valence-corrected chi connectivity index (χ1v) is 13.2. The summed E-state index contributed by atoms with van der Waals surface area (Å²) >= 11 is 0. The molecule has 0 aliphatic carbocycles. The van der Waals surface area contributed by atoms with Gasteiger partial charge in [-0.3, -0.25) is 4.99 Å². The normalized spacial score (nSPS) is 15.8. The van der Waals surface area contributed by atoms with Crippen molar-refractivity contribution in [2.45, 2.75) is 45.4 Å². The Morgan fingerprint density at radius 1 is 0.694 bits per heavy atom.